The zero-order valence-electron chi connectivity index (χ0n) is 15.1. The van der Waals surface area contributed by atoms with E-state index in [0.717, 1.165) is 0 Å². The summed E-state index contributed by atoms with van der Waals surface area (Å²) in [5.41, 5.74) is 0. The van der Waals surface area contributed by atoms with Gasteiger partial charge in [-0.2, -0.15) is 0 Å². The molecule has 0 aliphatic heterocycles. The highest BCUT2D eigenvalue weighted by Gasteiger charge is 2.59. The number of hydrogen-bond donors (Lipinski definition) is 0. The Balaban J connectivity index is 2.50. The number of hydrogen-bond acceptors (Lipinski definition) is 2. The fourth-order valence-electron chi connectivity index (χ4n) is 3.78. The van der Waals surface area contributed by atoms with E-state index in [1.165, 1.54) is 15.9 Å². The molecule has 0 heterocycles. The molecule has 0 aromatic heterocycles. The van der Waals surface area contributed by atoms with E-state index in [9.17, 15) is 4.79 Å². The molecular formula is C23H23OPS. The van der Waals surface area contributed by atoms with Crippen LogP contribution in [0, 0.1) is 0 Å². The van der Waals surface area contributed by atoms with Crippen LogP contribution in [0.5, 0.6) is 0 Å². The van der Waals surface area contributed by atoms with Crippen LogP contribution in [-0.4, -0.2) is 10.3 Å². The molecule has 3 rings (SSSR count). The van der Waals surface area contributed by atoms with Gasteiger partial charge in [-0.05, 0) is 49.7 Å². The van der Waals surface area contributed by atoms with Crippen molar-refractivity contribution in [1.82, 2.24) is 0 Å². The molecule has 0 aliphatic rings. The number of carbonyl (C=O) groups is 1. The van der Waals surface area contributed by atoms with Gasteiger partial charge in [-0.3, -0.25) is 0 Å². The second kappa shape index (κ2) is 7.70. The summed E-state index contributed by atoms with van der Waals surface area (Å²) in [4.78, 5) is 12.9. The molecule has 26 heavy (non-hydrogen) atoms. The first kappa shape index (κ1) is 18.8. The Morgan fingerprint density at radius 2 is 1.08 bits per heavy atom. The Hall–Kier alpha value is -2.02. The van der Waals surface area contributed by atoms with Crippen LogP contribution in [-0.2, 0) is 17.4 Å². The highest BCUT2D eigenvalue weighted by Crippen LogP contribution is 2.67. The van der Waals surface area contributed by atoms with Crippen LogP contribution in [0.4, 0.5) is 0 Å². The summed E-state index contributed by atoms with van der Waals surface area (Å²) >= 11 is 5.35. The molecule has 0 bridgehead atoms. The molecule has 0 saturated carbocycles. The summed E-state index contributed by atoms with van der Waals surface area (Å²) in [6.45, 7) is 4.14. The standard InChI is InChI=1S/C23H23OPS/c1-3-23(2,22(24)26)25(19-13-7-4-8-14-19,20-15-9-5-10-16-20)21-17-11-6-12-18-21/h4-18H,3H2,1-2H3. The number of carbonyl (C=O) groups excluding carboxylic acids is 1. The van der Waals surface area contributed by atoms with Crippen molar-refractivity contribution in [3.63, 3.8) is 0 Å². The van der Waals surface area contributed by atoms with Gasteiger partial charge in [0.25, 0.3) is 0 Å². The molecule has 0 fully saturated rings. The lowest BCUT2D eigenvalue weighted by Gasteiger charge is -2.43. The van der Waals surface area contributed by atoms with Gasteiger partial charge in [0, 0.05) is 0 Å². The molecular weight excluding hydrogens is 355 g/mol. The van der Waals surface area contributed by atoms with Crippen molar-refractivity contribution in [2.45, 2.75) is 25.4 Å². The van der Waals surface area contributed by atoms with E-state index in [2.05, 4.69) is 86.6 Å². The van der Waals surface area contributed by atoms with Gasteiger partial charge in [-0.15, -0.1) is 0 Å². The molecule has 0 N–H and O–H groups in total. The van der Waals surface area contributed by atoms with Crippen molar-refractivity contribution >= 4 is 40.9 Å². The molecule has 0 radical (unpaired) electrons. The zero-order chi connectivity index (χ0) is 18.6. The van der Waals surface area contributed by atoms with E-state index in [1.54, 1.807) is 0 Å². The largest absolute Gasteiger partial charge is 0.738 e. The quantitative estimate of drug-likeness (QED) is 0.472. The lowest BCUT2D eigenvalue weighted by Crippen LogP contribution is -2.49. The first-order valence-corrected chi connectivity index (χ1v) is 11.0. The van der Waals surface area contributed by atoms with Crippen LogP contribution in [0.15, 0.2) is 91.0 Å². The van der Waals surface area contributed by atoms with Gasteiger partial charge in [0.1, 0.15) is 28.3 Å². The van der Waals surface area contributed by atoms with Gasteiger partial charge < -0.3 is 17.4 Å². The Morgan fingerprint density at radius 3 is 1.31 bits per heavy atom. The van der Waals surface area contributed by atoms with E-state index < -0.39 is 12.4 Å². The minimum Gasteiger partial charge on any atom is -0.738 e. The normalized spacial score (nSPS) is 13.8. The van der Waals surface area contributed by atoms with Crippen molar-refractivity contribution in [1.29, 1.82) is 0 Å². The van der Waals surface area contributed by atoms with Crippen molar-refractivity contribution in [2.75, 3.05) is 0 Å². The van der Waals surface area contributed by atoms with Crippen molar-refractivity contribution in [2.24, 2.45) is 0 Å². The van der Waals surface area contributed by atoms with Gasteiger partial charge in [0.2, 0.25) is 0 Å². The minimum absolute atomic E-state index is 0.162. The minimum atomic E-state index is -2.29. The Morgan fingerprint density at radius 1 is 0.769 bits per heavy atom. The van der Waals surface area contributed by atoms with Crippen molar-refractivity contribution < 1.29 is 4.79 Å². The summed E-state index contributed by atoms with van der Waals surface area (Å²) in [5, 5.41) is 2.77. The third-order valence-corrected chi connectivity index (χ3v) is 11.1. The van der Waals surface area contributed by atoms with E-state index in [4.69, 9.17) is 12.6 Å². The Kier molecular flexibility index (Phi) is 5.55. The fourth-order valence-corrected chi connectivity index (χ4v) is 9.54. The average molecular weight is 378 g/mol. The summed E-state index contributed by atoms with van der Waals surface area (Å²) in [6.07, 6.45) is 0.696. The zero-order valence-corrected chi connectivity index (χ0v) is 16.8. The maximum absolute atomic E-state index is 12.9. The summed E-state index contributed by atoms with van der Waals surface area (Å²) < 4.78 is 0. The molecule has 3 aromatic carbocycles. The van der Waals surface area contributed by atoms with E-state index in [1.807, 2.05) is 18.2 Å². The lowest BCUT2D eigenvalue weighted by atomic mass is 10.1. The molecule has 1 nitrogen and oxygen atoms in total. The predicted octanol–water partition coefficient (Wildman–Crippen LogP) is 4.22. The molecule has 3 aromatic rings. The van der Waals surface area contributed by atoms with Crippen LogP contribution in [0.1, 0.15) is 20.3 Å². The van der Waals surface area contributed by atoms with E-state index >= 15 is 0 Å². The number of rotatable bonds is 6. The first-order chi connectivity index (χ1) is 12.6. The molecule has 132 valence electrons. The van der Waals surface area contributed by atoms with Crippen LogP contribution >= 0.6 is 7.26 Å². The van der Waals surface area contributed by atoms with Crippen LogP contribution < -0.4 is 15.9 Å². The van der Waals surface area contributed by atoms with E-state index in [-0.39, 0.29) is 5.12 Å². The van der Waals surface area contributed by atoms with Gasteiger partial charge >= 0.3 is 0 Å². The Bertz CT molecular complexity index is 768. The van der Waals surface area contributed by atoms with Crippen LogP contribution in [0.25, 0.3) is 0 Å². The predicted molar refractivity (Wildman–Crippen MR) is 116 cm³/mol. The third kappa shape index (κ3) is 2.88. The van der Waals surface area contributed by atoms with Gasteiger partial charge in [-0.25, -0.2) is 0 Å². The van der Waals surface area contributed by atoms with Crippen LogP contribution in [0.3, 0.4) is 0 Å². The molecule has 0 saturated heterocycles. The van der Waals surface area contributed by atoms with E-state index in [0.29, 0.717) is 6.42 Å². The lowest BCUT2D eigenvalue weighted by molar-refractivity contribution is -0.112. The monoisotopic (exact) mass is 378 g/mol. The molecule has 0 spiro atoms. The molecule has 0 amide bonds. The van der Waals surface area contributed by atoms with Gasteiger partial charge in [0.15, 0.2) is 0 Å². The van der Waals surface area contributed by atoms with Crippen LogP contribution in [0.2, 0.25) is 0 Å². The smallest absolute Gasteiger partial charge is 0.127 e. The average Bonchev–Trinajstić information content (AvgIpc) is 2.70. The maximum atomic E-state index is 12.9. The fraction of sp³-hybridized carbons (Fsp3) is 0.174. The first-order valence-electron chi connectivity index (χ1n) is 8.85. The van der Waals surface area contributed by atoms with Gasteiger partial charge in [0.05, 0.1) is 5.12 Å². The van der Waals surface area contributed by atoms with Gasteiger partial charge in [-0.1, -0.05) is 61.5 Å². The number of benzene rings is 3. The highest BCUT2D eigenvalue weighted by molar-refractivity contribution is 7.99. The highest BCUT2D eigenvalue weighted by atomic mass is 32.1. The molecule has 0 aliphatic carbocycles. The summed E-state index contributed by atoms with van der Waals surface area (Å²) in [6, 6.07) is 31.3. The second-order valence-corrected chi connectivity index (χ2v) is 10.8. The summed E-state index contributed by atoms with van der Waals surface area (Å²) in [5.74, 6) is 0. The second-order valence-electron chi connectivity index (χ2n) is 6.59. The molecule has 1 unspecified atom stereocenters. The Labute approximate surface area is 162 Å². The SMILES string of the molecule is CCC(C)(C(=O)[S-])[P+](c1ccccc1)(c1ccccc1)c1ccccc1. The molecule has 3 heteroatoms. The molecule has 1 atom stereocenters. The third-order valence-electron chi connectivity index (χ3n) is 5.30. The summed E-state index contributed by atoms with van der Waals surface area (Å²) in [7, 11) is -2.29. The topological polar surface area (TPSA) is 17.1 Å². The van der Waals surface area contributed by atoms with Crippen molar-refractivity contribution in [3.05, 3.63) is 91.0 Å². The van der Waals surface area contributed by atoms with Crippen molar-refractivity contribution in [3.8, 4) is 0 Å². The maximum Gasteiger partial charge on any atom is 0.127 e.